The molecular weight excluding hydrogens is 759 g/mol. The summed E-state index contributed by atoms with van der Waals surface area (Å²) in [5, 5.41) is 16.2. The minimum Gasteiger partial charge on any atom is -0.431 e. The average molecular weight is 810 g/mol. The molecule has 1 aromatic heterocycles. The van der Waals surface area contributed by atoms with Crippen LogP contribution in [0.1, 0.15) is 74.2 Å². The van der Waals surface area contributed by atoms with E-state index in [-0.39, 0.29) is 36.5 Å². The van der Waals surface area contributed by atoms with Gasteiger partial charge < -0.3 is 29.6 Å². The van der Waals surface area contributed by atoms with E-state index < -0.39 is 6.29 Å². The Balaban J connectivity index is 1.06. The molecule has 2 heterocycles. The summed E-state index contributed by atoms with van der Waals surface area (Å²) in [4.78, 5) is 28.7. The Morgan fingerprint density at radius 2 is 1.41 bits per heavy atom. The highest BCUT2D eigenvalue weighted by atomic mass is 32.2. The minimum absolute atomic E-state index is 0.0130. The Morgan fingerprint density at radius 1 is 0.729 bits per heavy atom. The average Bonchev–Trinajstić information content (AvgIpc) is 3.72. The third-order valence-electron chi connectivity index (χ3n) is 10.6. The number of nitrogens with zero attached hydrogens (tertiary/aromatic N) is 1. The molecule has 0 saturated carbocycles. The van der Waals surface area contributed by atoms with E-state index in [1.54, 1.807) is 0 Å². The number of benzene rings is 5. The first-order valence-electron chi connectivity index (χ1n) is 20.3. The lowest BCUT2D eigenvalue weighted by Gasteiger charge is -2.41. The molecule has 2 amide bonds. The molecule has 0 spiro atoms. The van der Waals surface area contributed by atoms with Gasteiger partial charge in [-0.15, -0.1) is 0 Å². The number of carbonyl (C=O) groups is 2. The monoisotopic (exact) mass is 809 g/mol. The summed E-state index contributed by atoms with van der Waals surface area (Å²) in [5.41, 5.74) is 8.60. The Labute approximate surface area is 350 Å². The SMILES string of the molecule is CC(=O)NCCCCCC(=O)NCc1ccccc1-c1ccc(C2OC(CSc3nc(-c4ccccc4)c(-c4ccccc4)o3)C(C)C(c3ccc(CO)cc3)O2)cc1. The molecule has 9 nitrogen and oxygen atoms in total. The molecule has 3 N–H and O–H groups in total. The number of aliphatic hydroxyl groups excluding tert-OH is 1. The number of nitrogens with one attached hydrogen (secondary N) is 2. The molecule has 1 aliphatic heterocycles. The van der Waals surface area contributed by atoms with Crippen LogP contribution in [0.15, 0.2) is 143 Å². The molecule has 0 aliphatic carbocycles. The zero-order valence-electron chi connectivity index (χ0n) is 33.5. The van der Waals surface area contributed by atoms with Gasteiger partial charge in [0.05, 0.1) is 18.8 Å². The first-order valence-corrected chi connectivity index (χ1v) is 21.3. The number of thioether (sulfide) groups is 1. The number of ether oxygens (including phenoxy) is 2. The summed E-state index contributed by atoms with van der Waals surface area (Å²) in [6.07, 6.45) is 1.85. The lowest BCUT2D eigenvalue weighted by atomic mass is 9.91. The van der Waals surface area contributed by atoms with Crippen LogP contribution in [0.25, 0.3) is 33.7 Å². The van der Waals surface area contributed by atoms with Crippen molar-refractivity contribution in [2.75, 3.05) is 12.3 Å². The van der Waals surface area contributed by atoms with Gasteiger partial charge in [0, 0.05) is 54.8 Å². The van der Waals surface area contributed by atoms with Crippen LogP contribution in [0.4, 0.5) is 0 Å². The maximum atomic E-state index is 12.7. The second-order valence-electron chi connectivity index (χ2n) is 14.9. The first-order chi connectivity index (χ1) is 28.9. The van der Waals surface area contributed by atoms with Gasteiger partial charge in [0.15, 0.2) is 12.1 Å². The summed E-state index contributed by atoms with van der Waals surface area (Å²) in [6, 6.07) is 44.4. The lowest BCUT2D eigenvalue weighted by Crippen LogP contribution is -2.38. The van der Waals surface area contributed by atoms with E-state index in [0.29, 0.717) is 30.5 Å². The van der Waals surface area contributed by atoms with Gasteiger partial charge in [-0.3, -0.25) is 9.59 Å². The van der Waals surface area contributed by atoms with Gasteiger partial charge in [-0.05, 0) is 40.7 Å². The van der Waals surface area contributed by atoms with Gasteiger partial charge >= 0.3 is 0 Å². The molecule has 6 aromatic rings. The number of rotatable bonds is 17. The fourth-order valence-corrected chi connectivity index (χ4v) is 8.30. The Morgan fingerprint density at radius 3 is 2.12 bits per heavy atom. The smallest absolute Gasteiger partial charge is 0.256 e. The standard InChI is InChI=1S/C49H51N3O6S/c1-33-43(32-59-49-52-45(37-14-6-3-7-15-37)47(58-49)38-16-8-4-9-17-38)56-48(57-46(33)39-23-21-35(31-53)22-24-39)40-27-25-36(26-28-40)42-19-12-11-18-41(42)30-51-44(55)20-10-5-13-29-50-34(2)54/h3-4,6-9,11-12,14-19,21-28,33,43,46,48,53H,5,10,13,20,29-32H2,1-2H3,(H,50,54)(H,51,55). The van der Waals surface area contributed by atoms with Crippen LogP contribution in [-0.4, -0.2) is 40.3 Å². The van der Waals surface area contributed by atoms with Crippen molar-refractivity contribution in [1.82, 2.24) is 15.6 Å². The molecular formula is C49H51N3O6S. The molecule has 10 heteroatoms. The van der Waals surface area contributed by atoms with Crippen LogP contribution < -0.4 is 10.6 Å². The van der Waals surface area contributed by atoms with Gasteiger partial charge in [0.25, 0.3) is 5.22 Å². The van der Waals surface area contributed by atoms with Crippen LogP contribution in [0.5, 0.6) is 0 Å². The van der Waals surface area contributed by atoms with Gasteiger partial charge in [-0.1, -0.05) is 159 Å². The van der Waals surface area contributed by atoms with Crippen LogP contribution in [0.3, 0.4) is 0 Å². The van der Waals surface area contributed by atoms with Crippen molar-refractivity contribution in [3.8, 4) is 33.7 Å². The highest BCUT2D eigenvalue weighted by Gasteiger charge is 2.39. The fourth-order valence-electron chi connectivity index (χ4n) is 7.31. The number of amides is 2. The van der Waals surface area contributed by atoms with E-state index >= 15 is 0 Å². The van der Waals surface area contributed by atoms with Crippen LogP contribution in [0.2, 0.25) is 0 Å². The highest BCUT2D eigenvalue weighted by molar-refractivity contribution is 7.99. The maximum absolute atomic E-state index is 12.7. The number of aromatic nitrogens is 1. The summed E-state index contributed by atoms with van der Waals surface area (Å²) in [6.45, 7) is 4.70. The van der Waals surface area contributed by atoms with Gasteiger partial charge in [-0.25, -0.2) is 4.98 Å². The normalized spacial score (nSPS) is 17.7. The van der Waals surface area contributed by atoms with E-state index in [2.05, 4.69) is 47.9 Å². The van der Waals surface area contributed by atoms with E-state index in [4.69, 9.17) is 18.9 Å². The Hall–Kier alpha value is -5.52. The van der Waals surface area contributed by atoms with E-state index in [1.807, 2.05) is 103 Å². The zero-order valence-corrected chi connectivity index (χ0v) is 34.3. The molecule has 1 aliphatic rings. The largest absolute Gasteiger partial charge is 0.431 e. The summed E-state index contributed by atoms with van der Waals surface area (Å²) in [7, 11) is 0. The number of oxazole rings is 1. The van der Waals surface area contributed by atoms with E-state index in [9.17, 15) is 14.7 Å². The van der Waals surface area contributed by atoms with Crippen molar-refractivity contribution < 1.29 is 28.6 Å². The van der Waals surface area contributed by atoms with Crippen molar-refractivity contribution in [3.05, 3.63) is 156 Å². The number of carbonyl (C=O) groups excluding carboxylic acids is 2. The zero-order chi connectivity index (χ0) is 41.0. The van der Waals surface area contributed by atoms with E-state index in [0.717, 1.165) is 75.2 Å². The third kappa shape index (κ3) is 11.0. The van der Waals surface area contributed by atoms with Gasteiger partial charge in [0.2, 0.25) is 11.8 Å². The summed E-state index contributed by atoms with van der Waals surface area (Å²) < 4.78 is 20.0. The molecule has 7 rings (SSSR count). The first kappa shape index (κ1) is 41.6. The molecule has 0 radical (unpaired) electrons. The maximum Gasteiger partial charge on any atom is 0.256 e. The predicted octanol–water partition coefficient (Wildman–Crippen LogP) is 10.1. The predicted molar refractivity (Wildman–Crippen MR) is 232 cm³/mol. The van der Waals surface area contributed by atoms with Crippen LogP contribution in [-0.2, 0) is 32.2 Å². The van der Waals surface area contributed by atoms with Crippen molar-refractivity contribution in [2.24, 2.45) is 5.92 Å². The lowest BCUT2D eigenvalue weighted by molar-refractivity contribution is -0.268. The molecule has 0 bridgehead atoms. The number of unbranched alkanes of at least 4 members (excludes halogenated alkanes) is 2. The fraction of sp³-hybridized carbons (Fsp3) is 0.286. The second kappa shape index (κ2) is 20.4. The quantitative estimate of drug-likeness (QED) is 0.0615. The Bertz CT molecular complexity index is 2210. The van der Waals surface area contributed by atoms with Crippen molar-refractivity contribution in [2.45, 2.75) is 76.4 Å². The summed E-state index contributed by atoms with van der Waals surface area (Å²) >= 11 is 1.54. The molecule has 4 atom stereocenters. The number of aliphatic hydroxyl groups is 1. The van der Waals surface area contributed by atoms with Gasteiger partial charge in [0.1, 0.15) is 5.69 Å². The molecule has 304 valence electrons. The highest BCUT2D eigenvalue weighted by Crippen LogP contribution is 2.44. The molecule has 1 saturated heterocycles. The topological polar surface area (TPSA) is 123 Å². The third-order valence-corrected chi connectivity index (χ3v) is 11.5. The summed E-state index contributed by atoms with van der Waals surface area (Å²) in [5.74, 6) is 1.29. The Kier molecular flexibility index (Phi) is 14.4. The number of hydrogen-bond donors (Lipinski definition) is 3. The van der Waals surface area contributed by atoms with E-state index in [1.165, 1.54) is 18.7 Å². The number of hydrogen-bond acceptors (Lipinski definition) is 8. The second-order valence-corrected chi connectivity index (χ2v) is 15.8. The molecule has 4 unspecified atom stereocenters. The minimum atomic E-state index is -0.634. The molecule has 59 heavy (non-hydrogen) atoms. The molecule has 1 fully saturated rings. The van der Waals surface area contributed by atoms with Crippen LogP contribution >= 0.6 is 11.8 Å². The van der Waals surface area contributed by atoms with Crippen molar-refractivity contribution >= 4 is 23.6 Å². The molecule has 5 aromatic carbocycles. The van der Waals surface area contributed by atoms with Crippen molar-refractivity contribution in [3.63, 3.8) is 0 Å². The van der Waals surface area contributed by atoms with Crippen molar-refractivity contribution in [1.29, 1.82) is 0 Å². The van der Waals surface area contributed by atoms with Crippen LogP contribution in [0, 0.1) is 5.92 Å². The van der Waals surface area contributed by atoms with Gasteiger partial charge in [-0.2, -0.15) is 0 Å².